The molecule has 0 aliphatic heterocycles. The zero-order chi connectivity index (χ0) is 12.5. The minimum Gasteiger partial charge on any atom is -0.508 e. The second kappa shape index (κ2) is 4.44. The molecule has 2 unspecified atom stereocenters. The van der Waals surface area contributed by atoms with Gasteiger partial charge in [0.1, 0.15) is 5.75 Å². The topological polar surface area (TPSA) is 61.7 Å². The van der Waals surface area contributed by atoms with Crippen molar-refractivity contribution in [1.82, 2.24) is 5.43 Å². The summed E-state index contributed by atoms with van der Waals surface area (Å²) < 4.78 is 0. The molecule has 2 bridgehead atoms. The molecule has 2 saturated carbocycles. The smallest absolute Gasteiger partial charge is 0.271 e. The Kier molecular flexibility index (Phi) is 2.78. The number of benzene rings is 1. The SMILES string of the molecule is O=C(NN=C1CC2CCC1C2)c1ccc(O)cc1. The van der Waals surface area contributed by atoms with E-state index in [9.17, 15) is 4.79 Å². The van der Waals surface area contributed by atoms with Crippen LogP contribution in [-0.2, 0) is 0 Å². The zero-order valence-corrected chi connectivity index (χ0v) is 10.1. The maximum Gasteiger partial charge on any atom is 0.271 e. The number of fused-ring (bicyclic) bond motifs is 2. The van der Waals surface area contributed by atoms with Gasteiger partial charge in [0.15, 0.2) is 0 Å². The highest BCUT2D eigenvalue weighted by atomic mass is 16.3. The van der Waals surface area contributed by atoms with Crippen molar-refractivity contribution in [3.8, 4) is 5.75 Å². The summed E-state index contributed by atoms with van der Waals surface area (Å²) in [5.74, 6) is 1.32. The first kappa shape index (κ1) is 11.3. The fourth-order valence-corrected chi connectivity index (χ4v) is 2.96. The average molecular weight is 244 g/mol. The van der Waals surface area contributed by atoms with Crippen molar-refractivity contribution < 1.29 is 9.90 Å². The van der Waals surface area contributed by atoms with Crippen LogP contribution in [0, 0.1) is 11.8 Å². The van der Waals surface area contributed by atoms with Crippen molar-refractivity contribution in [3.05, 3.63) is 29.8 Å². The van der Waals surface area contributed by atoms with Crippen molar-refractivity contribution in [2.45, 2.75) is 25.7 Å². The molecule has 4 nitrogen and oxygen atoms in total. The fourth-order valence-electron chi connectivity index (χ4n) is 2.96. The Labute approximate surface area is 106 Å². The van der Waals surface area contributed by atoms with Crippen LogP contribution in [0.1, 0.15) is 36.0 Å². The predicted molar refractivity (Wildman–Crippen MR) is 68.5 cm³/mol. The van der Waals surface area contributed by atoms with Gasteiger partial charge < -0.3 is 5.11 Å². The van der Waals surface area contributed by atoms with E-state index in [1.165, 1.54) is 31.4 Å². The standard InChI is InChI=1S/C14H16N2O2/c17-12-5-3-10(4-6-12)14(18)16-15-13-8-9-1-2-11(13)7-9/h3-6,9,11,17H,1-2,7-8H2,(H,16,18). The number of hydrogen-bond donors (Lipinski definition) is 2. The molecule has 2 atom stereocenters. The van der Waals surface area contributed by atoms with Gasteiger partial charge in [-0.3, -0.25) is 4.79 Å². The van der Waals surface area contributed by atoms with Crippen LogP contribution in [0.25, 0.3) is 0 Å². The first-order chi connectivity index (χ1) is 8.72. The molecule has 2 fully saturated rings. The molecule has 1 amide bonds. The van der Waals surface area contributed by atoms with Crippen LogP contribution in [-0.4, -0.2) is 16.7 Å². The van der Waals surface area contributed by atoms with E-state index in [0.29, 0.717) is 11.5 Å². The molecule has 0 aromatic heterocycles. The molecule has 0 saturated heterocycles. The monoisotopic (exact) mass is 244 g/mol. The molecule has 0 heterocycles. The average Bonchev–Trinajstić information content (AvgIpc) is 2.99. The lowest BCUT2D eigenvalue weighted by atomic mass is 9.99. The molecule has 0 spiro atoms. The molecule has 2 aliphatic carbocycles. The van der Waals surface area contributed by atoms with Gasteiger partial charge in [0, 0.05) is 11.3 Å². The molecular weight excluding hydrogens is 228 g/mol. The van der Waals surface area contributed by atoms with Gasteiger partial charge >= 0.3 is 0 Å². The lowest BCUT2D eigenvalue weighted by Crippen LogP contribution is -2.21. The number of hydrogen-bond acceptors (Lipinski definition) is 3. The first-order valence-electron chi connectivity index (χ1n) is 6.38. The van der Waals surface area contributed by atoms with Crippen LogP contribution in [0.2, 0.25) is 0 Å². The number of rotatable bonds is 2. The Balaban J connectivity index is 1.65. The van der Waals surface area contributed by atoms with Gasteiger partial charge in [0.2, 0.25) is 0 Å². The molecule has 18 heavy (non-hydrogen) atoms. The molecule has 2 aliphatic rings. The number of hydrazone groups is 1. The summed E-state index contributed by atoms with van der Waals surface area (Å²) in [4.78, 5) is 11.8. The van der Waals surface area contributed by atoms with E-state index >= 15 is 0 Å². The fraction of sp³-hybridized carbons (Fsp3) is 0.429. The van der Waals surface area contributed by atoms with Gasteiger partial charge in [0.05, 0.1) is 0 Å². The number of nitrogens with one attached hydrogen (secondary N) is 1. The maximum absolute atomic E-state index is 11.8. The van der Waals surface area contributed by atoms with E-state index in [0.717, 1.165) is 18.1 Å². The minimum atomic E-state index is -0.217. The Morgan fingerprint density at radius 2 is 2.06 bits per heavy atom. The van der Waals surface area contributed by atoms with Crippen LogP contribution in [0.4, 0.5) is 0 Å². The molecule has 1 aromatic rings. The number of phenols is 1. The summed E-state index contributed by atoms with van der Waals surface area (Å²) in [6.07, 6.45) is 4.82. The lowest BCUT2D eigenvalue weighted by molar-refractivity contribution is 0.0954. The van der Waals surface area contributed by atoms with E-state index in [4.69, 9.17) is 5.11 Å². The second-order valence-electron chi connectivity index (χ2n) is 5.17. The van der Waals surface area contributed by atoms with E-state index < -0.39 is 0 Å². The number of amides is 1. The van der Waals surface area contributed by atoms with Crippen LogP contribution in [0.3, 0.4) is 0 Å². The highest BCUT2D eigenvalue weighted by Gasteiger charge is 2.36. The van der Waals surface area contributed by atoms with Crippen molar-refractivity contribution in [2.24, 2.45) is 16.9 Å². The van der Waals surface area contributed by atoms with Crippen molar-refractivity contribution >= 4 is 11.6 Å². The molecular formula is C14H16N2O2. The van der Waals surface area contributed by atoms with Gasteiger partial charge in [0.25, 0.3) is 5.91 Å². The quantitative estimate of drug-likeness (QED) is 0.784. The Bertz CT molecular complexity index is 493. The molecule has 94 valence electrons. The third-order valence-electron chi connectivity index (χ3n) is 3.94. The van der Waals surface area contributed by atoms with Gasteiger partial charge in [-0.15, -0.1) is 0 Å². The number of carbonyl (C=O) groups excluding carboxylic acids is 1. The zero-order valence-electron chi connectivity index (χ0n) is 10.1. The third kappa shape index (κ3) is 2.10. The van der Waals surface area contributed by atoms with E-state index in [1.54, 1.807) is 12.1 Å². The number of nitrogens with zero attached hydrogens (tertiary/aromatic N) is 1. The third-order valence-corrected chi connectivity index (χ3v) is 3.94. The molecule has 1 aromatic carbocycles. The first-order valence-corrected chi connectivity index (χ1v) is 6.38. The summed E-state index contributed by atoms with van der Waals surface area (Å²) in [6.45, 7) is 0. The second-order valence-corrected chi connectivity index (χ2v) is 5.17. The highest BCUT2D eigenvalue weighted by molar-refractivity contribution is 5.96. The normalized spacial score (nSPS) is 27.7. The number of phenolic OH excluding ortho intramolecular Hbond substituents is 1. The van der Waals surface area contributed by atoms with Crippen LogP contribution in [0.5, 0.6) is 5.75 Å². The molecule has 0 radical (unpaired) electrons. The van der Waals surface area contributed by atoms with Crippen molar-refractivity contribution in [1.29, 1.82) is 0 Å². The van der Waals surface area contributed by atoms with Gasteiger partial charge in [-0.25, -0.2) is 5.43 Å². The summed E-state index contributed by atoms with van der Waals surface area (Å²) in [7, 11) is 0. The van der Waals surface area contributed by atoms with Gasteiger partial charge in [-0.1, -0.05) is 0 Å². The predicted octanol–water partition coefficient (Wildman–Crippen LogP) is 2.30. The number of carbonyl (C=O) groups is 1. The van der Waals surface area contributed by atoms with Crippen molar-refractivity contribution in [3.63, 3.8) is 0 Å². The summed E-state index contributed by atoms with van der Waals surface area (Å²) in [5, 5.41) is 13.4. The van der Waals surface area contributed by atoms with Crippen LogP contribution < -0.4 is 5.43 Å². The Morgan fingerprint density at radius 1 is 1.28 bits per heavy atom. The van der Waals surface area contributed by atoms with Gasteiger partial charge in [-0.2, -0.15) is 5.10 Å². The van der Waals surface area contributed by atoms with E-state index in [2.05, 4.69) is 10.5 Å². The summed E-state index contributed by atoms with van der Waals surface area (Å²) >= 11 is 0. The Morgan fingerprint density at radius 3 is 2.67 bits per heavy atom. The molecule has 2 N–H and O–H groups in total. The summed E-state index contributed by atoms with van der Waals surface area (Å²) in [5.41, 5.74) is 4.28. The largest absolute Gasteiger partial charge is 0.508 e. The van der Waals surface area contributed by atoms with E-state index in [-0.39, 0.29) is 11.7 Å². The molecule has 4 heteroatoms. The lowest BCUT2D eigenvalue weighted by Gasteiger charge is -2.11. The minimum absolute atomic E-state index is 0.158. The Hall–Kier alpha value is -1.84. The highest BCUT2D eigenvalue weighted by Crippen LogP contribution is 2.42. The van der Waals surface area contributed by atoms with Crippen LogP contribution >= 0.6 is 0 Å². The number of aromatic hydroxyl groups is 1. The van der Waals surface area contributed by atoms with Gasteiger partial charge in [-0.05, 0) is 61.8 Å². The van der Waals surface area contributed by atoms with Crippen LogP contribution in [0.15, 0.2) is 29.4 Å². The van der Waals surface area contributed by atoms with E-state index in [1.807, 2.05) is 0 Å². The summed E-state index contributed by atoms with van der Waals surface area (Å²) in [6, 6.07) is 6.18. The maximum atomic E-state index is 11.8. The molecule has 3 rings (SSSR count). The van der Waals surface area contributed by atoms with Crippen molar-refractivity contribution in [2.75, 3.05) is 0 Å².